The summed E-state index contributed by atoms with van der Waals surface area (Å²) in [5, 5.41) is 9.16. The van der Waals surface area contributed by atoms with E-state index in [4.69, 9.17) is 14.6 Å². The number of benzene rings is 1. The molecule has 0 radical (unpaired) electrons. The Morgan fingerprint density at radius 1 is 1.25 bits per heavy atom. The molecule has 1 aromatic carbocycles. The highest BCUT2D eigenvalue weighted by molar-refractivity contribution is 5.90. The molecule has 1 N–H and O–H groups in total. The zero-order chi connectivity index (χ0) is 12.1. The van der Waals surface area contributed by atoms with Gasteiger partial charge in [0, 0.05) is 5.56 Å². The van der Waals surface area contributed by atoms with Crippen LogP contribution in [0.1, 0.15) is 15.9 Å². The van der Waals surface area contributed by atoms with Gasteiger partial charge in [0.05, 0.1) is 33.5 Å². The number of aliphatic hydroxyl groups excluding tert-OH is 1. The second-order valence-corrected chi connectivity index (χ2v) is 3.02. The van der Waals surface area contributed by atoms with Crippen LogP contribution in [0.3, 0.4) is 0 Å². The van der Waals surface area contributed by atoms with E-state index in [1.54, 1.807) is 0 Å². The Hall–Kier alpha value is -1.75. The first-order valence-electron chi connectivity index (χ1n) is 4.62. The highest BCUT2D eigenvalue weighted by atomic mass is 16.5. The zero-order valence-corrected chi connectivity index (χ0v) is 9.44. The zero-order valence-electron chi connectivity index (χ0n) is 9.44. The molecule has 0 bridgehead atoms. The molecule has 0 unspecified atom stereocenters. The van der Waals surface area contributed by atoms with E-state index in [-0.39, 0.29) is 6.61 Å². The fourth-order valence-electron chi connectivity index (χ4n) is 1.40. The summed E-state index contributed by atoms with van der Waals surface area (Å²) < 4.78 is 14.8. The van der Waals surface area contributed by atoms with Gasteiger partial charge < -0.3 is 19.3 Å². The van der Waals surface area contributed by atoms with Gasteiger partial charge in [0.15, 0.2) is 11.5 Å². The van der Waals surface area contributed by atoms with Gasteiger partial charge in [0.2, 0.25) is 0 Å². The second-order valence-electron chi connectivity index (χ2n) is 3.02. The van der Waals surface area contributed by atoms with Crippen molar-refractivity contribution in [3.63, 3.8) is 0 Å². The van der Waals surface area contributed by atoms with Gasteiger partial charge in [-0.1, -0.05) is 0 Å². The Bertz CT molecular complexity index is 361. The predicted molar refractivity (Wildman–Crippen MR) is 56.8 cm³/mol. The Morgan fingerprint density at radius 3 is 2.38 bits per heavy atom. The van der Waals surface area contributed by atoms with E-state index in [0.29, 0.717) is 22.6 Å². The Morgan fingerprint density at radius 2 is 1.94 bits per heavy atom. The van der Waals surface area contributed by atoms with Gasteiger partial charge >= 0.3 is 5.97 Å². The van der Waals surface area contributed by atoms with Crippen LogP contribution in [0.25, 0.3) is 0 Å². The number of rotatable bonds is 4. The van der Waals surface area contributed by atoms with Gasteiger partial charge in [-0.05, 0) is 12.1 Å². The summed E-state index contributed by atoms with van der Waals surface area (Å²) in [5.41, 5.74) is 0.784. The summed E-state index contributed by atoms with van der Waals surface area (Å²) in [4.78, 5) is 11.3. The molecule has 0 heterocycles. The number of carbonyl (C=O) groups is 1. The van der Waals surface area contributed by atoms with Gasteiger partial charge in [-0.3, -0.25) is 0 Å². The first-order valence-corrected chi connectivity index (χ1v) is 4.62. The average Bonchev–Trinajstić information content (AvgIpc) is 2.35. The van der Waals surface area contributed by atoms with Crippen molar-refractivity contribution >= 4 is 5.97 Å². The van der Waals surface area contributed by atoms with Crippen molar-refractivity contribution in [3.8, 4) is 11.5 Å². The lowest BCUT2D eigenvalue weighted by Gasteiger charge is -2.12. The van der Waals surface area contributed by atoms with Crippen molar-refractivity contribution in [2.75, 3.05) is 21.3 Å². The number of esters is 1. The lowest BCUT2D eigenvalue weighted by molar-refractivity contribution is 0.0600. The number of ether oxygens (including phenoxy) is 3. The van der Waals surface area contributed by atoms with E-state index in [1.165, 1.54) is 33.5 Å². The molecule has 0 atom stereocenters. The minimum atomic E-state index is -0.490. The molecular formula is C11H14O5. The number of hydrogen-bond acceptors (Lipinski definition) is 5. The molecular weight excluding hydrogens is 212 g/mol. The summed E-state index contributed by atoms with van der Waals surface area (Å²) >= 11 is 0. The van der Waals surface area contributed by atoms with E-state index >= 15 is 0 Å². The van der Waals surface area contributed by atoms with Crippen LogP contribution in [0, 0.1) is 0 Å². The molecule has 0 spiro atoms. The van der Waals surface area contributed by atoms with E-state index < -0.39 is 5.97 Å². The van der Waals surface area contributed by atoms with Crippen molar-refractivity contribution in [1.29, 1.82) is 0 Å². The van der Waals surface area contributed by atoms with Crippen LogP contribution in [-0.2, 0) is 11.3 Å². The Balaban J connectivity index is 3.31. The van der Waals surface area contributed by atoms with Gasteiger partial charge in [-0.25, -0.2) is 4.79 Å². The van der Waals surface area contributed by atoms with Crippen LogP contribution in [0.2, 0.25) is 0 Å². The molecule has 1 aromatic rings. The second kappa shape index (κ2) is 5.37. The number of carbonyl (C=O) groups excluding carboxylic acids is 1. The van der Waals surface area contributed by atoms with Crippen LogP contribution >= 0.6 is 0 Å². The number of methoxy groups -OCH3 is 3. The first-order chi connectivity index (χ1) is 7.67. The standard InChI is InChI=1S/C11H14O5/c1-14-9-5-7(11(13)16-3)4-8(6-12)10(9)15-2/h4-5,12H,6H2,1-3H3. The Kier molecular flexibility index (Phi) is 4.13. The van der Waals surface area contributed by atoms with Crippen molar-refractivity contribution in [2.45, 2.75) is 6.61 Å². The van der Waals surface area contributed by atoms with Crippen LogP contribution in [0.4, 0.5) is 0 Å². The third-order valence-corrected chi connectivity index (χ3v) is 2.15. The highest BCUT2D eigenvalue weighted by Crippen LogP contribution is 2.32. The third-order valence-electron chi connectivity index (χ3n) is 2.15. The van der Waals surface area contributed by atoms with E-state index in [1.807, 2.05) is 0 Å². The van der Waals surface area contributed by atoms with Crippen molar-refractivity contribution in [3.05, 3.63) is 23.3 Å². The van der Waals surface area contributed by atoms with E-state index in [0.717, 1.165) is 0 Å². The predicted octanol–water partition coefficient (Wildman–Crippen LogP) is 0.983. The van der Waals surface area contributed by atoms with Crippen LogP contribution in [0.5, 0.6) is 11.5 Å². The minimum Gasteiger partial charge on any atom is -0.493 e. The topological polar surface area (TPSA) is 65.0 Å². The summed E-state index contributed by atoms with van der Waals surface area (Å²) in [7, 11) is 4.21. The quantitative estimate of drug-likeness (QED) is 0.775. The molecule has 88 valence electrons. The number of hydrogen-bond donors (Lipinski definition) is 1. The SMILES string of the molecule is COC(=O)c1cc(CO)c(OC)c(OC)c1. The van der Waals surface area contributed by atoms with Crippen molar-refractivity contribution < 1.29 is 24.1 Å². The van der Waals surface area contributed by atoms with Crippen LogP contribution in [-0.4, -0.2) is 32.4 Å². The van der Waals surface area contributed by atoms with Crippen molar-refractivity contribution in [1.82, 2.24) is 0 Å². The largest absolute Gasteiger partial charge is 0.493 e. The molecule has 0 amide bonds. The maximum absolute atomic E-state index is 11.3. The Labute approximate surface area is 93.6 Å². The van der Waals surface area contributed by atoms with E-state index in [9.17, 15) is 4.79 Å². The lowest BCUT2D eigenvalue weighted by atomic mass is 10.1. The monoisotopic (exact) mass is 226 g/mol. The molecule has 0 saturated carbocycles. The van der Waals surface area contributed by atoms with Crippen LogP contribution < -0.4 is 9.47 Å². The normalized spacial score (nSPS) is 9.75. The maximum Gasteiger partial charge on any atom is 0.337 e. The average molecular weight is 226 g/mol. The van der Waals surface area contributed by atoms with Gasteiger partial charge in [0.25, 0.3) is 0 Å². The summed E-state index contributed by atoms with van der Waals surface area (Å²) in [6, 6.07) is 3.01. The maximum atomic E-state index is 11.3. The molecule has 1 rings (SSSR count). The van der Waals surface area contributed by atoms with Crippen molar-refractivity contribution in [2.24, 2.45) is 0 Å². The molecule has 0 aliphatic heterocycles. The first kappa shape index (κ1) is 12.3. The molecule has 0 fully saturated rings. The molecule has 5 nitrogen and oxygen atoms in total. The third kappa shape index (κ3) is 2.25. The van der Waals surface area contributed by atoms with Crippen LogP contribution in [0.15, 0.2) is 12.1 Å². The summed E-state index contributed by atoms with van der Waals surface area (Å²) in [6.45, 7) is -0.246. The lowest BCUT2D eigenvalue weighted by Crippen LogP contribution is -2.05. The summed E-state index contributed by atoms with van der Waals surface area (Å²) in [6.07, 6.45) is 0. The van der Waals surface area contributed by atoms with Gasteiger partial charge in [0.1, 0.15) is 0 Å². The molecule has 0 saturated heterocycles. The summed E-state index contributed by atoms with van der Waals surface area (Å²) in [5.74, 6) is 0.308. The fraction of sp³-hybridized carbons (Fsp3) is 0.364. The van der Waals surface area contributed by atoms with Gasteiger partial charge in [-0.15, -0.1) is 0 Å². The fourth-order valence-corrected chi connectivity index (χ4v) is 1.40. The highest BCUT2D eigenvalue weighted by Gasteiger charge is 2.15. The smallest absolute Gasteiger partial charge is 0.337 e. The molecule has 0 aromatic heterocycles. The molecule has 0 aliphatic carbocycles. The molecule has 16 heavy (non-hydrogen) atoms. The van der Waals surface area contributed by atoms with E-state index in [2.05, 4.69) is 4.74 Å². The number of aliphatic hydroxyl groups is 1. The molecule has 0 aliphatic rings. The molecule has 5 heteroatoms. The van der Waals surface area contributed by atoms with Gasteiger partial charge in [-0.2, -0.15) is 0 Å². The minimum absolute atomic E-state index is 0.246.